The molecule has 0 unspecified atom stereocenters. The average molecular weight is 521 g/mol. The Balaban J connectivity index is 2.63. The van der Waals surface area contributed by atoms with Crippen molar-refractivity contribution < 1.29 is 38.2 Å². The van der Waals surface area contributed by atoms with Gasteiger partial charge in [0, 0.05) is 43.3 Å². The molecule has 204 valence electrons. The van der Waals surface area contributed by atoms with E-state index in [0.717, 1.165) is 0 Å². The molecule has 0 spiro atoms. The lowest BCUT2D eigenvalue weighted by atomic mass is 9.79. The second-order valence-corrected chi connectivity index (χ2v) is 8.00. The summed E-state index contributed by atoms with van der Waals surface area (Å²) in [7, 11) is 0. The number of allylic oxidation sites excluding steroid dienone is 2. The maximum Gasteiger partial charge on any atom is 0.336 e. The average Bonchev–Trinajstić information content (AvgIpc) is 2.88. The van der Waals surface area contributed by atoms with Gasteiger partial charge in [-0.1, -0.05) is 12.1 Å². The lowest BCUT2D eigenvalue weighted by Gasteiger charge is -2.37. The molecule has 0 bridgehead atoms. The highest BCUT2D eigenvalue weighted by Gasteiger charge is 2.41. The summed E-state index contributed by atoms with van der Waals surface area (Å²) in [6.45, 7) is 10.8. The molecular formula is C26H36N2O9. The van der Waals surface area contributed by atoms with Crippen molar-refractivity contribution in [2.75, 3.05) is 53.0 Å². The highest BCUT2D eigenvalue weighted by molar-refractivity contribution is 6.00. The molecule has 11 heteroatoms. The van der Waals surface area contributed by atoms with E-state index in [2.05, 4.69) is 0 Å². The number of benzene rings is 1. The first kappa shape index (κ1) is 29.9. The third kappa shape index (κ3) is 7.85. The number of non-ortho nitro benzene ring substituents is 1. The normalized spacial score (nSPS) is 14.2. The van der Waals surface area contributed by atoms with E-state index < -0.39 is 22.8 Å². The molecule has 0 radical (unpaired) electrons. The molecule has 37 heavy (non-hydrogen) atoms. The van der Waals surface area contributed by atoms with E-state index in [1.54, 1.807) is 24.8 Å². The van der Waals surface area contributed by atoms with E-state index >= 15 is 0 Å². The van der Waals surface area contributed by atoms with Gasteiger partial charge in [0.15, 0.2) is 0 Å². The minimum Gasteiger partial charge on any atom is -0.460 e. The van der Waals surface area contributed by atoms with E-state index in [1.165, 1.54) is 18.2 Å². The standard InChI is InChI=1S/C26H36N2O9/c1-6-33-12-14-36-25(29)22-18(4)27(17-35-8-3)19(5)23(26(30)37-15-13-34-7-2)24(22)20-10-9-11-21(16-20)28(31)32/h9-11,16,24H,6-8,12-15,17H2,1-5H3. The summed E-state index contributed by atoms with van der Waals surface area (Å²) >= 11 is 0. The Morgan fingerprint density at radius 3 is 1.84 bits per heavy atom. The zero-order valence-corrected chi connectivity index (χ0v) is 22.1. The van der Waals surface area contributed by atoms with Crippen molar-refractivity contribution in [3.8, 4) is 0 Å². The van der Waals surface area contributed by atoms with Gasteiger partial charge in [0.05, 0.1) is 35.2 Å². The predicted octanol–water partition coefficient (Wildman–Crippen LogP) is 3.70. The number of nitrogens with zero attached hydrogens (tertiary/aromatic N) is 2. The Bertz CT molecular complexity index is 971. The number of hydrogen-bond acceptors (Lipinski definition) is 10. The molecule has 0 saturated carbocycles. The van der Waals surface area contributed by atoms with E-state index in [1.807, 2.05) is 20.8 Å². The van der Waals surface area contributed by atoms with Gasteiger partial charge in [-0.25, -0.2) is 9.59 Å². The zero-order chi connectivity index (χ0) is 27.4. The smallest absolute Gasteiger partial charge is 0.336 e. The number of rotatable bonds is 15. The number of esters is 2. The van der Waals surface area contributed by atoms with Crippen LogP contribution in [0.15, 0.2) is 46.8 Å². The van der Waals surface area contributed by atoms with E-state index in [9.17, 15) is 19.7 Å². The summed E-state index contributed by atoms with van der Waals surface area (Å²) in [4.78, 5) is 39.6. The van der Waals surface area contributed by atoms with Crippen LogP contribution in [0.3, 0.4) is 0 Å². The minimum absolute atomic E-state index is 0.00734. The van der Waals surface area contributed by atoms with E-state index in [4.69, 9.17) is 23.7 Å². The van der Waals surface area contributed by atoms with Gasteiger partial charge in [-0.15, -0.1) is 0 Å². The fraction of sp³-hybridized carbons (Fsp3) is 0.538. The minimum atomic E-state index is -0.961. The molecule has 1 aromatic rings. The van der Waals surface area contributed by atoms with Crippen LogP contribution in [0.5, 0.6) is 0 Å². The van der Waals surface area contributed by atoms with Crippen LogP contribution >= 0.6 is 0 Å². The Labute approximate surface area is 217 Å². The van der Waals surface area contributed by atoms with Gasteiger partial charge < -0.3 is 28.6 Å². The van der Waals surface area contributed by atoms with Crippen LogP contribution in [0.1, 0.15) is 46.1 Å². The summed E-state index contributed by atoms with van der Waals surface area (Å²) in [5, 5.41) is 11.5. The molecular weight excluding hydrogens is 484 g/mol. The second kappa shape index (κ2) is 15.1. The second-order valence-electron chi connectivity index (χ2n) is 8.00. The first-order valence-corrected chi connectivity index (χ1v) is 12.3. The Hall–Kier alpha value is -3.28. The van der Waals surface area contributed by atoms with Crippen LogP contribution in [0, 0.1) is 10.1 Å². The number of nitro groups is 1. The lowest BCUT2D eigenvalue weighted by Crippen LogP contribution is -2.37. The van der Waals surface area contributed by atoms with Gasteiger partial charge in [-0.2, -0.15) is 0 Å². The first-order valence-electron chi connectivity index (χ1n) is 12.3. The molecule has 0 atom stereocenters. The van der Waals surface area contributed by atoms with Crippen molar-refractivity contribution in [2.45, 2.75) is 40.5 Å². The van der Waals surface area contributed by atoms with Gasteiger partial charge >= 0.3 is 11.9 Å². The van der Waals surface area contributed by atoms with Crippen molar-refractivity contribution in [3.05, 3.63) is 62.5 Å². The Morgan fingerprint density at radius 1 is 0.865 bits per heavy atom. The third-order valence-corrected chi connectivity index (χ3v) is 5.78. The van der Waals surface area contributed by atoms with Crippen molar-refractivity contribution in [1.82, 2.24) is 4.90 Å². The molecule has 0 aromatic heterocycles. The number of ether oxygens (including phenoxy) is 5. The fourth-order valence-corrected chi connectivity index (χ4v) is 3.99. The molecule has 0 N–H and O–H groups in total. The highest BCUT2D eigenvalue weighted by Crippen LogP contribution is 2.43. The van der Waals surface area contributed by atoms with Gasteiger partial charge in [0.1, 0.15) is 19.9 Å². The molecule has 1 aliphatic heterocycles. The molecule has 1 heterocycles. The Morgan fingerprint density at radius 2 is 1.38 bits per heavy atom. The van der Waals surface area contributed by atoms with Crippen LogP contribution < -0.4 is 0 Å². The predicted molar refractivity (Wildman–Crippen MR) is 134 cm³/mol. The SMILES string of the molecule is CCOCCOC(=O)C1=C(C)N(COCC)C(C)=C(C(=O)OCCOCC)C1c1cccc([N+](=O)[O-])c1. The molecule has 1 aliphatic rings. The number of carbonyl (C=O) groups is 2. The van der Waals surface area contributed by atoms with Gasteiger partial charge in [-0.05, 0) is 40.2 Å². The van der Waals surface area contributed by atoms with Crippen LogP contribution in [0.2, 0.25) is 0 Å². The van der Waals surface area contributed by atoms with Crippen LogP contribution in [0.4, 0.5) is 5.69 Å². The third-order valence-electron chi connectivity index (χ3n) is 5.78. The highest BCUT2D eigenvalue weighted by atomic mass is 16.6. The summed E-state index contributed by atoms with van der Waals surface area (Å²) in [6, 6.07) is 5.85. The maximum atomic E-state index is 13.4. The summed E-state index contributed by atoms with van der Waals surface area (Å²) < 4.78 is 27.1. The summed E-state index contributed by atoms with van der Waals surface area (Å²) in [5.74, 6) is -2.29. The van der Waals surface area contributed by atoms with Crippen LogP contribution in [-0.2, 0) is 33.3 Å². The molecule has 11 nitrogen and oxygen atoms in total. The largest absolute Gasteiger partial charge is 0.460 e. The van der Waals surface area contributed by atoms with E-state index in [0.29, 0.717) is 36.8 Å². The summed E-state index contributed by atoms with van der Waals surface area (Å²) in [5.41, 5.74) is 1.57. The quantitative estimate of drug-likeness (QED) is 0.146. The summed E-state index contributed by atoms with van der Waals surface area (Å²) in [6.07, 6.45) is 0. The van der Waals surface area contributed by atoms with E-state index in [-0.39, 0.29) is 50.0 Å². The van der Waals surface area contributed by atoms with Gasteiger partial charge in [0.25, 0.3) is 5.69 Å². The number of hydrogen-bond donors (Lipinski definition) is 0. The van der Waals surface area contributed by atoms with Crippen molar-refractivity contribution in [3.63, 3.8) is 0 Å². The molecule has 0 fully saturated rings. The van der Waals surface area contributed by atoms with Gasteiger partial charge in [-0.3, -0.25) is 10.1 Å². The maximum absolute atomic E-state index is 13.4. The monoisotopic (exact) mass is 520 g/mol. The van der Waals surface area contributed by atoms with Crippen LogP contribution in [-0.4, -0.2) is 74.7 Å². The van der Waals surface area contributed by atoms with Crippen molar-refractivity contribution in [1.29, 1.82) is 0 Å². The number of nitro benzene ring substituents is 1. The zero-order valence-electron chi connectivity index (χ0n) is 22.1. The fourth-order valence-electron chi connectivity index (χ4n) is 3.99. The molecule has 0 amide bonds. The van der Waals surface area contributed by atoms with Crippen LogP contribution in [0.25, 0.3) is 0 Å². The van der Waals surface area contributed by atoms with Crippen molar-refractivity contribution in [2.24, 2.45) is 0 Å². The molecule has 1 aromatic carbocycles. The lowest BCUT2D eigenvalue weighted by molar-refractivity contribution is -0.384. The topological polar surface area (TPSA) is 127 Å². The van der Waals surface area contributed by atoms with Gasteiger partial charge in [0.2, 0.25) is 0 Å². The van der Waals surface area contributed by atoms with Crippen molar-refractivity contribution >= 4 is 17.6 Å². The molecule has 0 aliphatic carbocycles. The molecule has 0 saturated heterocycles. The molecule has 2 rings (SSSR count). The number of carbonyl (C=O) groups excluding carboxylic acids is 2. The Kier molecular flexibility index (Phi) is 12.2. The first-order chi connectivity index (χ1) is 17.8.